The number of nitrogens with one attached hydrogen (secondary N) is 1. The van der Waals surface area contributed by atoms with E-state index >= 15 is 0 Å². The lowest BCUT2D eigenvalue weighted by Crippen LogP contribution is -2.48. The lowest BCUT2D eigenvalue weighted by molar-refractivity contribution is -0.145. The zero-order chi connectivity index (χ0) is 10.4. The van der Waals surface area contributed by atoms with Crippen LogP contribution in [0.2, 0.25) is 0 Å². The average Bonchev–Trinajstić information content (AvgIpc) is 1.89. The summed E-state index contributed by atoms with van der Waals surface area (Å²) in [6, 6.07) is 0. The van der Waals surface area contributed by atoms with E-state index in [1.807, 2.05) is 13.8 Å². The Hall–Kier alpha value is -1.06. The summed E-state index contributed by atoms with van der Waals surface area (Å²) in [6.07, 6.45) is 0. The van der Waals surface area contributed by atoms with E-state index in [-0.39, 0.29) is 5.91 Å². The van der Waals surface area contributed by atoms with Crippen molar-refractivity contribution in [2.24, 2.45) is 0 Å². The van der Waals surface area contributed by atoms with Gasteiger partial charge in [-0.2, -0.15) is 0 Å². The zero-order valence-corrected chi connectivity index (χ0v) is 8.26. The first-order valence-electron chi connectivity index (χ1n) is 3.88. The smallest absolute Gasteiger partial charge is 0.328 e. The first-order valence-corrected chi connectivity index (χ1v) is 3.88. The minimum atomic E-state index is -1.16. The predicted molar refractivity (Wildman–Crippen MR) is 46.9 cm³/mol. The van der Waals surface area contributed by atoms with E-state index in [9.17, 15) is 9.59 Å². The first-order chi connectivity index (χ1) is 5.36. The molecule has 0 atom stereocenters. The summed E-state index contributed by atoms with van der Waals surface area (Å²) >= 11 is 0. The van der Waals surface area contributed by atoms with Gasteiger partial charge in [0.15, 0.2) is 0 Å². The Morgan fingerprint density at radius 3 is 1.67 bits per heavy atom. The van der Waals surface area contributed by atoms with Crippen molar-refractivity contribution in [3.63, 3.8) is 0 Å². The molecule has 1 amide bonds. The van der Waals surface area contributed by atoms with Crippen LogP contribution in [0.5, 0.6) is 0 Å². The molecule has 0 heterocycles. The van der Waals surface area contributed by atoms with Crippen molar-refractivity contribution in [1.29, 1.82) is 0 Å². The van der Waals surface area contributed by atoms with Gasteiger partial charge in [0, 0.05) is 6.92 Å². The van der Waals surface area contributed by atoms with Crippen molar-refractivity contribution in [2.45, 2.75) is 40.2 Å². The van der Waals surface area contributed by atoms with Gasteiger partial charge >= 0.3 is 5.97 Å². The molecule has 4 heteroatoms. The number of hydrogen-bond donors (Lipinski definition) is 2. The first kappa shape index (κ1) is 13.5. The van der Waals surface area contributed by atoms with Crippen LogP contribution in [0.1, 0.15) is 34.6 Å². The number of rotatable bonds is 2. The van der Waals surface area contributed by atoms with E-state index < -0.39 is 11.5 Å². The summed E-state index contributed by atoms with van der Waals surface area (Å²) in [5.74, 6) is -1.38. The molecule has 0 aromatic rings. The second-order valence-corrected chi connectivity index (χ2v) is 2.61. The molecule has 0 aromatic carbocycles. The Morgan fingerprint density at radius 1 is 1.25 bits per heavy atom. The minimum Gasteiger partial charge on any atom is -0.480 e. The van der Waals surface area contributed by atoms with Gasteiger partial charge in [0.2, 0.25) is 5.91 Å². The van der Waals surface area contributed by atoms with E-state index in [1.165, 1.54) is 20.8 Å². The maximum Gasteiger partial charge on any atom is 0.328 e. The molecule has 0 aliphatic rings. The Balaban J connectivity index is 0. The van der Waals surface area contributed by atoms with Crippen LogP contribution >= 0.6 is 0 Å². The monoisotopic (exact) mass is 175 g/mol. The van der Waals surface area contributed by atoms with Crippen molar-refractivity contribution < 1.29 is 14.7 Å². The van der Waals surface area contributed by atoms with Gasteiger partial charge in [-0.25, -0.2) is 4.79 Å². The van der Waals surface area contributed by atoms with Gasteiger partial charge in [0.1, 0.15) is 5.54 Å². The van der Waals surface area contributed by atoms with Gasteiger partial charge in [0.05, 0.1) is 0 Å². The third-order valence-electron chi connectivity index (χ3n) is 1.02. The SMILES string of the molecule is CC.CC(=O)NC(C)(C)C(=O)O. The summed E-state index contributed by atoms with van der Waals surface area (Å²) in [6.45, 7) is 8.14. The fourth-order valence-corrected chi connectivity index (χ4v) is 0.494. The molecule has 0 aliphatic carbocycles. The number of carbonyl (C=O) groups excluding carboxylic acids is 1. The average molecular weight is 175 g/mol. The molecule has 2 N–H and O–H groups in total. The van der Waals surface area contributed by atoms with Gasteiger partial charge in [-0.15, -0.1) is 0 Å². The third-order valence-corrected chi connectivity index (χ3v) is 1.02. The molecular weight excluding hydrogens is 158 g/mol. The number of amides is 1. The summed E-state index contributed by atoms with van der Waals surface area (Å²) in [4.78, 5) is 20.7. The van der Waals surface area contributed by atoms with Crippen LogP contribution in [0.25, 0.3) is 0 Å². The predicted octanol–water partition coefficient (Wildman–Crippen LogP) is 1.01. The zero-order valence-electron chi connectivity index (χ0n) is 8.26. The highest BCUT2D eigenvalue weighted by atomic mass is 16.4. The molecule has 0 bridgehead atoms. The molecular formula is C8H17NO3. The molecule has 0 radical (unpaired) electrons. The Bertz CT molecular complexity index is 164. The van der Waals surface area contributed by atoms with Gasteiger partial charge in [-0.05, 0) is 13.8 Å². The van der Waals surface area contributed by atoms with Crippen LogP contribution in [0.15, 0.2) is 0 Å². The number of carbonyl (C=O) groups is 2. The number of aliphatic carboxylic acids is 1. The molecule has 0 fully saturated rings. The van der Waals surface area contributed by atoms with Crippen LogP contribution in [0.3, 0.4) is 0 Å². The summed E-state index contributed by atoms with van der Waals surface area (Å²) < 4.78 is 0. The number of hydrogen-bond acceptors (Lipinski definition) is 2. The van der Waals surface area contributed by atoms with Crippen molar-refractivity contribution in [1.82, 2.24) is 5.32 Å². The molecule has 0 saturated heterocycles. The lowest BCUT2D eigenvalue weighted by Gasteiger charge is -2.19. The van der Waals surface area contributed by atoms with Crippen molar-refractivity contribution in [3.05, 3.63) is 0 Å². The quantitative estimate of drug-likeness (QED) is 0.658. The second kappa shape index (κ2) is 5.57. The molecule has 0 aliphatic heterocycles. The normalized spacial score (nSPS) is 9.42. The van der Waals surface area contributed by atoms with E-state index in [1.54, 1.807) is 0 Å². The standard InChI is InChI=1S/C6H11NO3.C2H6/c1-4(8)7-6(2,3)5(9)10;1-2/h1-3H3,(H,7,8)(H,9,10);1-2H3. The van der Waals surface area contributed by atoms with Gasteiger partial charge in [-0.1, -0.05) is 13.8 Å². The number of carboxylic acids is 1. The fraction of sp³-hybridized carbons (Fsp3) is 0.750. The summed E-state index contributed by atoms with van der Waals surface area (Å²) in [5, 5.41) is 10.8. The van der Waals surface area contributed by atoms with Gasteiger partial charge in [-0.3, -0.25) is 4.79 Å². The highest BCUT2D eigenvalue weighted by Crippen LogP contribution is 2.00. The highest BCUT2D eigenvalue weighted by molar-refractivity contribution is 5.85. The van der Waals surface area contributed by atoms with Crippen LogP contribution in [-0.4, -0.2) is 22.5 Å². The molecule has 4 nitrogen and oxygen atoms in total. The largest absolute Gasteiger partial charge is 0.480 e. The maximum absolute atomic E-state index is 10.4. The van der Waals surface area contributed by atoms with Crippen LogP contribution in [0, 0.1) is 0 Å². The Kier molecular flexibility index (Phi) is 6.28. The molecule has 72 valence electrons. The van der Waals surface area contributed by atoms with E-state index in [4.69, 9.17) is 5.11 Å². The maximum atomic E-state index is 10.4. The Labute approximate surface area is 73.0 Å². The van der Waals surface area contributed by atoms with E-state index in [0.29, 0.717) is 0 Å². The summed E-state index contributed by atoms with van der Waals surface area (Å²) in [7, 11) is 0. The third kappa shape index (κ3) is 5.70. The van der Waals surface area contributed by atoms with E-state index in [2.05, 4.69) is 5.32 Å². The van der Waals surface area contributed by atoms with E-state index in [0.717, 1.165) is 0 Å². The van der Waals surface area contributed by atoms with Crippen LogP contribution in [-0.2, 0) is 9.59 Å². The second-order valence-electron chi connectivity index (χ2n) is 2.61. The number of carboxylic acid groups (broad SMARTS) is 1. The fourth-order valence-electron chi connectivity index (χ4n) is 0.494. The Morgan fingerprint density at radius 2 is 1.58 bits per heavy atom. The summed E-state index contributed by atoms with van der Waals surface area (Å²) in [5.41, 5.74) is -1.16. The van der Waals surface area contributed by atoms with Crippen LogP contribution in [0.4, 0.5) is 0 Å². The van der Waals surface area contributed by atoms with Crippen molar-refractivity contribution in [3.8, 4) is 0 Å². The molecule has 0 rings (SSSR count). The minimum absolute atomic E-state index is 0.340. The van der Waals surface area contributed by atoms with Crippen molar-refractivity contribution >= 4 is 11.9 Å². The molecule has 12 heavy (non-hydrogen) atoms. The molecule has 0 unspecified atom stereocenters. The lowest BCUT2D eigenvalue weighted by atomic mass is 10.1. The van der Waals surface area contributed by atoms with Crippen molar-refractivity contribution in [2.75, 3.05) is 0 Å². The van der Waals surface area contributed by atoms with Gasteiger partial charge < -0.3 is 10.4 Å². The highest BCUT2D eigenvalue weighted by Gasteiger charge is 2.27. The topological polar surface area (TPSA) is 66.4 Å². The molecule has 0 spiro atoms. The molecule has 0 aromatic heterocycles. The molecule has 0 saturated carbocycles. The van der Waals surface area contributed by atoms with Gasteiger partial charge in [0.25, 0.3) is 0 Å². The van der Waals surface area contributed by atoms with Crippen LogP contribution < -0.4 is 5.32 Å².